The summed E-state index contributed by atoms with van der Waals surface area (Å²) in [4.78, 5) is 34.2. The number of rotatable bonds is 12. The molecule has 0 radical (unpaired) electrons. The molecule has 0 saturated carbocycles. The molecule has 3 aliphatic rings. The lowest BCUT2D eigenvalue weighted by molar-refractivity contribution is -0.305. The van der Waals surface area contributed by atoms with Gasteiger partial charge in [-0.15, -0.1) is 0 Å². The first-order valence-electron chi connectivity index (χ1n) is 14.3. The molecule has 23 heteroatoms. The Kier molecular flexibility index (Phi) is 14.0. The van der Waals surface area contributed by atoms with E-state index in [2.05, 4.69) is 16.0 Å². The summed E-state index contributed by atoms with van der Waals surface area (Å²) in [5.74, 6) is -1.73. The number of phosphoric ester groups is 1. The lowest BCUT2D eigenvalue weighted by Crippen LogP contribution is -2.62. The minimum atomic E-state index is -5.56. The van der Waals surface area contributed by atoms with Crippen LogP contribution in [-0.2, 0) is 46.7 Å². The van der Waals surface area contributed by atoms with E-state index in [1.165, 1.54) is 0 Å². The van der Waals surface area contributed by atoms with E-state index in [-0.39, 0.29) is 0 Å². The summed E-state index contributed by atoms with van der Waals surface area (Å²) >= 11 is 0. The number of aliphatic hydroxyl groups is 9. The van der Waals surface area contributed by atoms with Gasteiger partial charge in [0.2, 0.25) is 17.7 Å². The largest absolute Gasteiger partial charge is 0.482 e. The van der Waals surface area contributed by atoms with Crippen molar-refractivity contribution < 1.29 is 92.7 Å². The summed E-state index contributed by atoms with van der Waals surface area (Å²) in [6.45, 7) is 2.03. The molecule has 0 spiro atoms. The van der Waals surface area contributed by atoms with Gasteiger partial charge in [0, 0.05) is 40.4 Å². The zero-order valence-electron chi connectivity index (χ0n) is 25.3. The third-order valence-corrected chi connectivity index (χ3v) is 8.76. The summed E-state index contributed by atoms with van der Waals surface area (Å²) in [5, 5.41) is 101. The Hall–Kier alpha value is -1.96. The monoisotopic (exact) mass is 707 g/mol. The average Bonchev–Trinajstić information content (AvgIpc) is 2.99. The van der Waals surface area contributed by atoms with Crippen molar-refractivity contribution in [2.45, 2.75) is 113 Å². The van der Waals surface area contributed by atoms with Crippen LogP contribution < -0.4 is 16.0 Å². The summed E-state index contributed by atoms with van der Waals surface area (Å²) < 4.78 is 46.3. The van der Waals surface area contributed by atoms with Crippen molar-refractivity contribution in [3.63, 3.8) is 0 Å². The smallest absolute Gasteiger partial charge is 0.388 e. The van der Waals surface area contributed by atoms with Gasteiger partial charge in [-0.05, 0) is 0 Å². The molecule has 0 aromatic rings. The number of hydrogen-bond acceptors (Lipinski definition) is 19. The van der Waals surface area contributed by atoms with Crippen molar-refractivity contribution in [1.29, 1.82) is 0 Å². The predicted molar refractivity (Wildman–Crippen MR) is 147 cm³/mol. The number of amides is 3. The SMILES string of the molecule is CC(=O)NC[C@H]1O[C@H](OP(=O)(O[C@H]2O[C@H](CNC(C)=O)[C@@H](O)[C@H](O)[C@H]2O)O[C@H]2O[C@H](CNC(C)=O)[C@@H](O)[C@H](O)[C@H]2O)[C@H](O)[C@@H](O)[C@@H]1O. The van der Waals surface area contributed by atoms with E-state index in [9.17, 15) is 64.9 Å². The number of hydrogen-bond donors (Lipinski definition) is 12. The first-order valence-corrected chi connectivity index (χ1v) is 15.8. The summed E-state index contributed by atoms with van der Waals surface area (Å²) in [5.41, 5.74) is 0. The van der Waals surface area contributed by atoms with Gasteiger partial charge in [0.15, 0.2) is 18.9 Å². The molecule has 3 heterocycles. The van der Waals surface area contributed by atoms with Crippen LogP contribution in [0.3, 0.4) is 0 Å². The molecule has 47 heavy (non-hydrogen) atoms. The molecule has 3 fully saturated rings. The molecule has 3 saturated heterocycles. The van der Waals surface area contributed by atoms with Crippen LogP contribution in [0.4, 0.5) is 0 Å². The normalized spacial score (nSPS) is 41.1. The number of carbonyl (C=O) groups excluding carboxylic acids is 3. The molecule has 12 N–H and O–H groups in total. The second-order valence-corrected chi connectivity index (χ2v) is 12.6. The second kappa shape index (κ2) is 16.6. The molecule has 272 valence electrons. The van der Waals surface area contributed by atoms with Crippen molar-refractivity contribution in [2.24, 2.45) is 0 Å². The quantitative estimate of drug-likeness (QED) is 0.0838. The van der Waals surface area contributed by atoms with Crippen molar-refractivity contribution in [2.75, 3.05) is 19.6 Å². The van der Waals surface area contributed by atoms with Crippen LogP contribution >= 0.6 is 7.82 Å². The fourth-order valence-corrected chi connectivity index (χ4v) is 6.14. The van der Waals surface area contributed by atoms with Gasteiger partial charge in [0.1, 0.15) is 73.2 Å². The average molecular weight is 708 g/mol. The predicted octanol–water partition coefficient (Wildman–Crippen LogP) is -7.02. The van der Waals surface area contributed by atoms with Crippen molar-refractivity contribution >= 4 is 25.5 Å². The number of nitrogens with one attached hydrogen (secondary N) is 3. The number of ether oxygens (including phenoxy) is 3. The van der Waals surface area contributed by atoms with E-state index >= 15 is 0 Å². The lowest BCUT2D eigenvalue weighted by atomic mass is 9.99. The van der Waals surface area contributed by atoms with Gasteiger partial charge in [0.05, 0.1) is 0 Å². The lowest BCUT2D eigenvalue weighted by Gasteiger charge is -2.44. The van der Waals surface area contributed by atoms with Gasteiger partial charge >= 0.3 is 7.82 Å². The van der Waals surface area contributed by atoms with Crippen LogP contribution in [0.1, 0.15) is 20.8 Å². The minimum Gasteiger partial charge on any atom is -0.388 e. The van der Waals surface area contributed by atoms with Crippen LogP contribution in [0.2, 0.25) is 0 Å². The third kappa shape index (κ3) is 10.0. The molecule has 0 aromatic carbocycles. The van der Waals surface area contributed by atoms with Crippen LogP contribution in [-0.4, -0.2) is 175 Å². The standard InChI is InChI=1S/C24H42N3O19P/c1-7(28)25-4-10-13(31)16(34)19(37)22(41-10)44-47(40,45-23-20(38)17(35)14(32)11(42-23)5-26-8(2)29)46-24-21(39)18(36)15(33)12(43-24)6-27-9(3)30/h10-24,31-39H,4-6H2,1-3H3,(H,25,28)(H,26,29)(H,27,30)/t10-,11-,12-,13-,14-,15-,16+,17+,18+,19-,20-,21-,22-,23-,24-/m1/s1. The van der Waals surface area contributed by atoms with E-state index in [4.69, 9.17) is 27.8 Å². The molecule has 15 atom stereocenters. The first-order chi connectivity index (χ1) is 21.8. The zero-order chi connectivity index (χ0) is 35.4. The maximum Gasteiger partial charge on any atom is 0.482 e. The highest BCUT2D eigenvalue weighted by Crippen LogP contribution is 2.56. The maximum atomic E-state index is 14.3. The van der Waals surface area contributed by atoms with Gasteiger partial charge in [-0.1, -0.05) is 0 Å². The summed E-state index contributed by atoms with van der Waals surface area (Å²) in [6, 6.07) is 0. The van der Waals surface area contributed by atoms with Gasteiger partial charge in [-0.3, -0.25) is 28.0 Å². The van der Waals surface area contributed by atoms with Crippen molar-refractivity contribution in [3.05, 3.63) is 0 Å². The maximum absolute atomic E-state index is 14.3. The molecule has 0 aromatic heterocycles. The van der Waals surface area contributed by atoms with Crippen molar-refractivity contribution in [3.8, 4) is 0 Å². The van der Waals surface area contributed by atoms with E-state index in [0.717, 1.165) is 20.8 Å². The van der Waals surface area contributed by atoms with Gasteiger partial charge in [0.25, 0.3) is 0 Å². The van der Waals surface area contributed by atoms with E-state index in [1.54, 1.807) is 0 Å². The molecule has 22 nitrogen and oxygen atoms in total. The molecular formula is C24H42N3O19P. The Labute approximate surface area is 267 Å². The van der Waals surface area contributed by atoms with E-state index in [1.807, 2.05) is 0 Å². The molecule has 3 rings (SSSR count). The highest BCUT2D eigenvalue weighted by molar-refractivity contribution is 7.48. The molecule has 0 unspecified atom stereocenters. The Morgan fingerprint density at radius 1 is 0.489 bits per heavy atom. The first kappa shape index (κ1) is 39.5. The topological polar surface area (TPSA) is 342 Å². The van der Waals surface area contributed by atoms with Gasteiger partial charge < -0.3 is 76.1 Å². The van der Waals surface area contributed by atoms with E-state index in [0.29, 0.717) is 0 Å². The van der Waals surface area contributed by atoms with E-state index < -0.39 is 137 Å². The highest BCUT2D eigenvalue weighted by atomic mass is 31.2. The summed E-state index contributed by atoms with van der Waals surface area (Å²) in [6.07, 6.45) is -29.4. The fourth-order valence-electron chi connectivity index (χ4n) is 4.71. The molecular weight excluding hydrogens is 665 g/mol. The molecule has 0 bridgehead atoms. The third-order valence-electron chi connectivity index (χ3n) is 7.36. The van der Waals surface area contributed by atoms with Crippen molar-refractivity contribution in [1.82, 2.24) is 16.0 Å². The Morgan fingerprint density at radius 3 is 0.936 bits per heavy atom. The fraction of sp³-hybridized carbons (Fsp3) is 0.875. The highest BCUT2D eigenvalue weighted by Gasteiger charge is 2.54. The zero-order valence-corrected chi connectivity index (χ0v) is 26.2. The van der Waals surface area contributed by atoms with Gasteiger partial charge in [-0.25, -0.2) is 4.57 Å². The molecule has 0 aliphatic carbocycles. The number of carbonyl (C=O) groups is 3. The Morgan fingerprint density at radius 2 is 0.723 bits per heavy atom. The number of phosphoric acid groups is 1. The second-order valence-electron chi connectivity index (χ2n) is 11.1. The Balaban J connectivity index is 1.94. The van der Waals surface area contributed by atoms with Crippen LogP contribution in [0.25, 0.3) is 0 Å². The Bertz CT molecular complexity index is 1000. The van der Waals surface area contributed by atoms with Crippen LogP contribution in [0.15, 0.2) is 0 Å². The number of aliphatic hydroxyl groups excluding tert-OH is 9. The van der Waals surface area contributed by atoms with Gasteiger partial charge in [-0.2, -0.15) is 0 Å². The minimum absolute atomic E-state index is 0.453. The molecule has 3 aliphatic heterocycles. The van der Waals surface area contributed by atoms with Crippen LogP contribution in [0, 0.1) is 0 Å². The molecule has 3 amide bonds. The summed E-state index contributed by atoms with van der Waals surface area (Å²) in [7, 11) is -5.56. The van der Waals surface area contributed by atoms with Crippen LogP contribution in [0.5, 0.6) is 0 Å².